The molecule has 0 bridgehead atoms. The number of oxazole rings is 1. The highest BCUT2D eigenvalue weighted by Crippen LogP contribution is 2.38. The molecule has 0 spiro atoms. The number of alkyl halides is 3. The highest BCUT2D eigenvalue weighted by atomic mass is 19.4. The first kappa shape index (κ1) is 22.4. The number of aromatic nitrogens is 2. The number of anilines is 2. The summed E-state index contributed by atoms with van der Waals surface area (Å²) in [5, 5.41) is 0. The zero-order valence-electron chi connectivity index (χ0n) is 18.1. The van der Waals surface area contributed by atoms with Crippen LogP contribution in [0, 0.1) is 5.82 Å². The zero-order valence-corrected chi connectivity index (χ0v) is 18.1. The summed E-state index contributed by atoms with van der Waals surface area (Å²) in [6.45, 7) is 2.67. The van der Waals surface area contributed by atoms with Gasteiger partial charge in [0.25, 0.3) is 11.9 Å². The Hall–Kier alpha value is -3.41. The first-order chi connectivity index (χ1) is 16.1. The molecule has 34 heavy (non-hydrogen) atoms. The third-order valence-corrected chi connectivity index (χ3v) is 6.31. The van der Waals surface area contributed by atoms with Crippen LogP contribution in [0.3, 0.4) is 0 Å². The molecule has 1 fully saturated rings. The Morgan fingerprint density at radius 1 is 1.24 bits per heavy atom. The molecule has 2 aromatic heterocycles. The van der Waals surface area contributed by atoms with Crippen molar-refractivity contribution in [2.45, 2.75) is 31.7 Å². The molecule has 4 heterocycles. The summed E-state index contributed by atoms with van der Waals surface area (Å²) in [7, 11) is 0. The topological polar surface area (TPSA) is 97.7 Å². The molecule has 1 saturated heterocycles. The molecule has 1 amide bonds. The molecule has 12 heteroatoms. The molecule has 0 aliphatic carbocycles. The number of nitrogen functional groups attached to an aromatic ring is 1. The second-order valence-corrected chi connectivity index (χ2v) is 8.35. The maximum atomic E-state index is 14.7. The van der Waals surface area contributed by atoms with Crippen LogP contribution in [0.4, 0.5) is 29.3 Å². The molecule has 2 aliphatic heterocycles. The molecule has 8 nitrogen and oxygen atoms in total. The van der Waals surface area contributed by atoms with E-state index in [0.717, 1.165) is 6.07 Å². The Bertz CT molecular complexity index is 1260. The van der Waals surface area contributed by atoms with Gasteiger partial charge in [-0.2, -0.15) is 18.2 Å². The van der Waals surface area contributed by atoms with Gasteiger partial charge in [0.1, 0.15) is 17.0 Å². The van der Waals surface area contributed by atoms with E-state index in [1.165, 1.54) is 11.1 Å². The third-order valence-electron chi connectivity index (χ3n) is 6.31. The average molecular weight is 479 g/mol. The molecule has 180 valence electrons. The number of pyridine rings is 1. The molecule has 0 unspecified atom stereocenters. The van der Waals surface area contributed by atoms with Gasteiger partial charge in [-0.15, -0.1) is 0 Å². The lowest BCUT2D eigenvalue weighted by Crippen LogP contribution is -2.53. The number of rotatable bonds is 2. The third kappa shape index (κ3) is 3.81. The second kappa shape index (κ2) is 8.12. The number of amides is 1. The SMILES string of the molecule is C[C@@H]1c2c(F)cc(C(F)(F)F)cc2CCN1C(=O)[C@H]1CN(c2cncc3nc(N)oc23)CCO1. The zero-order chi connectivity index (χ0) is 24.2. The van der Waals surface area contributed by atoms with Gasteiger partial charge in [-0.1, -0.05) is 0 Å². The van der Waals surface area contributed by atoms with Crippen molar-refractivity contribution in [1.29, 1.82) is 0 Å². The first-order valence-corrected chi connectivity index (χ1v) is 10.7. The number of hydrogen-bond donors (Lipinski definition) is 1. The molecule has 2 N–H and O–H groups in total. The van der Waals surface area contributed by atoms with E-state index in [0.29, 0.717) is 29.4 Å². The molecule has 3 aromatic rings. The molecular weight excluding hydrogens is 458 g/mol. The summed E-state index contributed by atoms with van der Waals surface area (Å²) in [6, 6.07) is 0.712. The first-order valence-electron chi connectivity index (χ1n) is 10.7. The highest BCUT2D eigenvalue weighted by molar-refractivity contribution is 5.88. The maximum Gasteiger partial charge on any atom is 0.416 e. The number of carbonyl (C=O) groups is 1. The fourth-order valence-electron chi connectivity index (χ4n) is 4.69. The summed E-state index contributed by atoms with van der Waals surface area (Å²) in [4.78, 5) is 24.9. The van der Waals surface area contributed by atoms with Crippen LogP contribution in [0.15, 0.2) is 28.9 Å². The smallest absolute Gasteiger partial charge is 0.416 e. The van der Waals surface area contributed by atoms with Gasteiger partial charge in [-0.25, -0.2) is 4.39 Å². The Balaban J connectivity index is 1.38. The van der Waals surface area contributed by atoms with Gasteiger partial charge < -0.3 is 24.7 Å². The summed E-state index contributed by atoms with van der Waals surface area (Å²) in [5.74, 6) is -1.33. The Morgan fingerprint density at radius 3 is 2.79 bits per heavy atom. The second-order valence-electron chi connectivity index (χ2n) is 8.35. The summed E-state index contributed by atoms with van der Waals surface area (Å²) in [6.07, 6.45) is -2.27. The number of halogens is 4. The van der Waals surface area contributed by atoms with E-state index in [4.69, 9.17) is 14.9 Å². The van der Waals surface area contributed by atoms with Crippen molar-refractivity contribution >= 4 is 28.7 Å². The van der Waals surface area contributed by atoms with E-state index in [1.54, 1.807) is 13.1 Å². The number of nitrogens with zero attached hydrogens (tertiary/aromatic N) is 4. The van der Waals surface area contributed by atoms with E-state index in [1.807, 2.05) is 4.90 Å². The highest BCUT2D eigenvalue weighted by Gasteiger charge is 2.39. The maximum absolute atomic E-state index is 14.7. The van der Waals surface area contributed by atoms with E-state index in [2.05, 4.69) is 9.97 Å². The van der Waals surface area contributed by atoms with Crippen molar-refractivity contribution in [3.63, 3.8) is 0 Å². The van der Waals surface area contributed by atoms with Crippen LogP contribution < -0.4 is 10.6 Å². The van der Waals surface area contributed by atoms with Gasteiger partial charge in [0.15, 0.2) is 11.7 Å². The van der Waals surface area contributed by atoms with Crippen molar-refractivity contribution in [3.05, 3.63) is 47.0 Å². The van der Waals surface area contributed by atoms with Gasteiger partial charge in [0, 0.05) is 18.7 Å². The number of hydrogen-bond acceptors (Lipinski definition) is 7. The Kier molecular flexibility index (Phi) is 5.34. The lowest BCUT2D eigenvalue weighted by molar-refractivity contribution is -0.147. The molecule has 5 rings (SSSR count). The van der Waals surface area contributed by atoms with Crippen molar-refractivity contribution in [2.24, 2.45) is 0 Å². The van der Waals surface area contributed by atoms with Crippen molar-refractivity contribution in [2.75, 3.05) is 36.9 Å². The molecule has 0 saturated carbocycles. The molecule has 1 aromatic carbocycles. The van der Waals surface area contributed by atoms with Gasteiger partial charge >= 0.3 is 6.18 Å². The number of morpholine rings is 1. The Labute approximate surface area is 191 Å². The number of benzene rings is 1. The van der Waals surface area contributed by atoms with Crippen molar-refractivity contribution < 1.29 is 31.5 Å². The van der Waals surface area contributed by atoms with Gasteiger partial charge in [-0.3, -0.25) is 9.78 Å². The quantitative estimate of drug-likeness (QED) is 0.563. The minimum Gasteiger partial charge on any atom is -0.421 e. The van der Waals surface area contributed by atoms with E-state index < -0.39 is 29.7 Å². The van der Waals surface area contributed by atoms with Crippen LogP contribution in [0.25, 0.3) is 11.1 Å². The lowest BCUT2D eigenvalue weighted by atomic mass is 9.90. The Morgan fingerprint density at radius 2 is 2.03 bits per heavy atom. The standard InChI is InChI=1S/C22H21F4N5O3/c1-11-18-12(6-13(7-14(18)23)22(24,25)26)2-3-31(11)20(32)17-10-30(4-5-33-17)16-9-28-8-15-19(16)34-21(27)29-15/h6-9,11,17H,2-5,10H2,1H3,(H2,27,29)/t11-,17-/m1/s1. The van der Waals surface area contributed by atoms with Crippen LogP contribution in [0.5, 0.6) is 0 Å². The molecule has 2 aliphatic rings. The predicted octanol–water partition coefficient (Wildman–Crippen LogP) is 3.31. The predicted molar refractivity (Wildman–Crippen MR) is 113 cm³/mol. The van der Waals surface area contributed by atoms with E-state index in [9.17, 15) is 22.4 Å². The number of fused-ring (bicyclic) bond motifs is 2. The minimum absolute atomic E-state index is 0.00153. The van der Waals surface area contributed by atoms with Crippen LogP contribution in [-0.4, -0.2) is 53.1 Å². The van der Waals surface area contributed by atoms with Gasteiger partial charge in [-0.05, 0) is 31.0 Å². The van der Waals surface area contributed by atoms with E-state index >= 15 is 0 Å². The molecule has 2 atom stereocenters. The van der Waals surface area contributed by atoms with Crippen LogP contribution >= 0.6 is 0 Å². The van der Waals surface area contributed by atoms with Crippen LogP contribution in [0.2, 0.25) is 0 Å². The summed E-state index contributed by atoms with van der Waals surface area (Å²) in [5.41, 5.74) is 6.54. The summed E-state index contributed by atoms with van der Waals surface area (Å²) >= 11 is 0. The lowest BCUT2D eigenvalue weighted by Gasteiger charge is -2.40. The fourth-order valence-corrected chi connectivity index (χ4v) is 4.69. The van der Waals surface area contributed by atoms with Gasteiger partial charge in [0.2, 0.25) is 0 Å². The average Bonchev–Trinajstić information content (AvgIpc) is 3.18. The number of nitrogens with two attached hydrogens (primary N) is 1. The summed E-state index contributed by atoms with van der Waals surface area (Å²) < 4.78 is 65.2. The van der Waals surface area contributed by atoms with E-state index in [-0.39, 0.29) is 49.2 Å². The molecule has 0 radical (unpaired) electrons. The van der Waals surface area contributed by atoms with Crippen molar-refractivity contribution in [1.82, 2.24) is 14.9 Å². The van der Waals surface area contributed by atoms with Crippen molar-refractivity contribution in [3.8, 4) is 0 Å². The van der Waals surface area contributed by atoms with Crippen LogP contribution in [0.1, 0.15) is 29.7 Å². The number of carbonyl (C=O) groups excluding carboxylic acids is 1. The monoisotopic (exact) mass is 479 g/mol. The normalized spacial score (nSPS) is 21.1. The van der Waals surface area contributed by atoms with Crippen LogP contribution in [-0.2, 0) is 22.1 Å². The minimum atomic E-state index is -4.64. The fraction of sp³-hybridized carbons (Fsp3) is 0.409. The molecular formula is C22H21F4N5O3. The largest absolute Gasteiger partial charge is 0.421 e. The van der Waals surface area contributed by atoms with Gasteiger partial charge in [0.05, 0.1) is 37.2 Å². The number of ether oxygens (including phenoxy) is 1.